The Hall–Kier alpha value is -4.00. The summed E-state index contributed by atoms with van der Waals surface area (Å²) < 4.78 is 14.4. The van der Waals surface area contributed by atoms with Gasteiger partial charge >= 0.3 is 0 Å². The average Bonchev–Trinajstić information content (AvgIpc) is 3.33. The number of nitrogens with zero attached hydrogens (tertiary/aromatic N) is 2. The van der Waals surface area contributed by atoms with E-state index in [1.165, 1.54) is 4.68 Å². The van der Waals surface area contributed by atoms with Gasteiger partial charge in [0.15, 0.2) is 5.76 Å². The molecule has 0 radical (unpaired) electrons. The summed E-state index contributed by atoms with van der Waals surface area (Å²) in [7, 11) is 1.77. The highest BCUT2D eigenvalue weighted by Gasteiger charge is 2.20. The predicted octanol–water partition coefficient (Wildman–Crippen LogP) is 3.91. The van der Waals surface area contributed by atoms with E-state index in [1.54, 1.807) is 30.8 Å². The molecular weight excluding hydrogens is 382 g/mol. The number of rotatable bonds is 6. The molecule has 1 N–H and O–H groups in total. The van der Waals surface area contributed by atoms with Gasteiger partial charge in [-0.25, -0.2) is 4.68 Å². The van der Waals surface area contributed by atoms with E-state index >= 15 is 0 Å². The second kappa shape index (κ2) is 8.16. The Morgan fingerprint density at radius 3 is 2.37 bits per heavy atom. The van der Waals surface area contributed by atoms with Gasteiger partial charge in [-0.15, -0.1) is 0 Å². The van der Waals surface area contributed by atoms with Gasteiger partial charge in [0.05, 0.1) is 11.4 Å². The third-order valence-corrected chi connectivity index (χ3v) is 4.80. The first-order valence-corrected chi connectivity index (χ1v) is 9.46. The van der Waals surface area contributed by atoms with Crippen molar-refractivity contribution in [3.63, 3.8) is 0 Å². The van der Waals surface area contributed by atoms with Gasteiger partial charge in [0.1, 0.15) is 23.8 Å². The first-order valence-electron chi connectivity index (χ1n) is 9.46. The fraction of sp³-hybridized carbons (Fsp3) is 0.130. The number of hydrogen-bond acceptors (Lipinski definition) is 4. The zero-order valence-corrected chi connectivity index (χ0v) is 16.7. The maximum atomic E-state index is 12.9. The number of anilines is 1. The molecule has 2 aromatic carbocycles. The molecule has 7 heteroatoms. The number of carbonyl (C=O) groups excluding carboxylic acids is 1. The van der Waals surface area contributed by atoms with Crippen molar-refractivity contribution in [3.8, 4) is 11.4 Å². The molecule has 2 heterocycles. The summed E-state index contributed by atoms with van der Waals surface area (Å²) in [6.45, 7) is 1.97. The van der Waals surface area contributed by atoms with Gasteiger partial charge in [0.2, 0.25) is 0 Å². The minimum Gasteiger partial charge on any atom is -0.486 e. The molecular formula is C23H21N3O4. The molecule has 0 fully saturated rings. The average molecular weight is 403 g/mol. The van der Waals surface area contributed by atoms with Crippen molar-refractivity contribution in [2.75, 3.05) is 5.32 Å². The van der Waals surface area contributed by atoms with E-state index in [-0.39, 0.29) is 23.6 Å². The number of hydrogen-bond donors (Lipinski definition) is 1. The lowest BCUT2D eigenvalue weighted by molar-refractivity contribution is 0.0992. The number of benzene rings is 2. The number of ether oxygens (including phenoxy) is 1. The Labute approximate surface area is 173 Å². The van der Waals surface area contributed by atoms with Crippen LogP contribution in [-0.4, -0.2) is 15.3 Å². The van der Waals surface area contributed by atoms with Crippen LogP contribution in [0.15, 0.2) is 82.0 Å². The van der Waals surface area contributed by atoms with E-state index in [1.807, 2.05) is 60.7 Å². The Bertz CT molecular complexity index is 1220. The maximum absolute atomic E-state index is 12.9. The molecule has 0 saturated heterocycles. The van der Waals surface area contributed by atoms with Crippen LogP contribution >= 0.6 is 0 Å². The number of aromatic nitrogens is 2. The largest absolute Gasteiger partial charge is 0.486 e. The van der Waals surface area contributed by atoms with E-state index < -0.39 is 5.91 Å². The minimum atomic E-state index is -0.494. The molecule has 0 aliphatic rings. The number of furan rings is 1. The molecule has 7 nitrogen and oxygen atoms in total. The van der Waals surface area contributed by atoms with Crippen LogP contribution in [0.3, 0.4) is 0 Å². The summed E-state index contributed by atoms with van der Waals surface area (Å²) in [6.07, 6.45) is 0. The lowest BCUT2D eigenvalue weighted by Gasteiger charge is -2.07. The molecule has 0 bridgehead atoms. The van der Waals surface area contributed by atoms with Gasteiger partial charge in [-0.3, -0.25) is 14.3 Å². The Kier molecular flexibility index (Phi) is 5.26. The van der Waals surface area contributed by atoms with E-state index in [9.17, 15) is 9.59 Å². The van der Waals surface area contributed by atoms with Crippen molar-refractivity contribution in [1.29, 1.82) is 0 Å². The van der Waals surface area contributed by atoms with Crippen molar-refractivity contribution in [2.45, 2.75) is 13.5 Å². The molecule has 152 valence electrons. The first-order chi connectivity index (χ1) is 14.5. The van der Waals surface area contributed by atoms with Gasteiger partial charge in [0.25, 0.3) is 11.5 Å². The third-order valence-electron chi connectivity index (χ3n) is 4.80. The Balaban J connectivity index is 1.51. The topological polar surface area (TPSA) is 78.4 Å². The summed E-state index contributed by atoms with van der Waals surface area (Å²) in [4.78, 5) is 25.6. The minimum absolute atomic E-state index is 0.107. The zero-order chi connectivity index (χ0) is 21.1. The first kappa shape index (κ1) is 19.3. The van der Waals surface area contributed by atoms with Gasteiger partial charge in [-0.05, 0) is 43.3 Å². The van der Waals surface area contributed by atoms with E-state index in [0.717, 1.165) is 0 Å². The van der Waals surface area contributed by atoms with E-state index in [2.05, 4.69) is 5.32 Å². The summed E-state index contributed by atoms with van der Waals surface area (Å²) in [5.41, 5.74) is 1.25. The zero-order valence-electron chi connectivity index (χ0n) is 16.7. The summed E-state index contributed by atoms with van der Waals surface area (Å²) >= 11 is 0. The van der Waals surface area contributed by atoms with Crippen LogP contribution in [0.5, 0.6) is 5.75 Å². The lowest BCUT2D eigenvalue weighted by atomic mass is 10.3. The van der Waals surface area contributed by atoms with Crippen LogP contribution in [0.1, 0.15) is 22.0 Å². The van der Waals surface area contributed by atoms with Crippen LogP contribution in [0.4, 0.5) is 5.69 Å². The standard InChI is InChI=1S/C23H21N3O4/c1-16-21(23(28)26(25(16)2)17-9-5-3-6-10-17)24-22(27)20-14-13-19(30-20)15-29-18-11-7-4-8-12-18/h3-14H,15H2,1-2H3,(H,24,27). The molecule has 0 aliphatic carbocycles. The number of carbonyl (C=O) groups is 1. The van der Waals surface area contributed by atoms with Gasteiger partial charge in [0, 0.05) is 7.05 Å². The predicted molar refractivity (Wildman–Crippen MR) is 113 cm³/mol. The fourth-order valence-electron chi connectivity index (χ4n) is 3.14. The Morgan fingerprint density at radius 2 is 1.67 bits per heavy atom. The summed E-state index contributed by atoms with van der Waals surface area (Å²) in [6, 6.07) is 21.8. The van der Waals surface area contributed by atoms with Crippen LogP contribution in [0.2, 0.25) is 0 Å². The van der Waals surface area contributed by atoms with Crippen LogP contribution in [-0.2, 0) is 13.7 Å². The monoisotopic (exact) mass is 403 g/mol. The summed E-state index contributed by atoms with van der Waals surface area (Å²) in [5.74, 6) is 0.833. The van der Waals surface area contributed by atoms with Gasteiger partial charge < -0.3 is 14.5 Å². The molecule has 2 aromatic heterocycles. The quantitative estimate of drug-likeness (QED) is 0.529. The molecule has 0 saturated carbocycles. The highest BCUT2D eigenvalue weighted by molar-refractivity contribution is 6.02. The second-order valence-electron chi connectivity index (χ2n) is 6.76. The molecule has 0 spiro atoms. The van der Waals surface area contributed by atoms with Gasteiger partial charge in [-0.2, -0.15) is 0 Å². The van der Waals surface area contributed by atoms with Crippen molar-refractivity contribution in [3.05, 3.63) is 100 Å². The van der Waals surface area contributed by atoms with Gasteiger partial charge in [-0.1, -0.05) is 36.4 Å². The van der Waals surface area contributed by atoms with Crippen molar-refractivity contribution >= 4 is 11.6 Å². The summed E-state index contributed by atoms with van der Waals surface area (Å²) in [5, 5.41) is 2.69. The van der Waals surface area contributed by atoms with Crippen LogP contribution in [0, 0.1) is 6.92 Å². The third kappa shape index (κ3) is 3.77. The highest BCUT2D eigenvalue weighted by atomic mass is 16.5. The van der Waals surface area contributed by atoms with E-state index in [0.29, 0.717) is 22.9 Å². The molecule has 0 aliphatic heterocycles. The molecule has 4 aromatic rings. The molecule has 0 atom stereocenters. The molecule has 0 unspecified atom stereocenters. The van der Waals surface area contributed by atoms with Crippen molar-refractivity contribution in [2.24, 2.45) is 7.05 Å². The van der Waals surface area contributed by atoms with Crippen LogP contribution in [0.25, 0.3) is 5.69 Å². The van der Waals surface area contributed by atoms with Crippen molar-refractivity contribution < 1.29 is 13.9 Å². The van der Waals surface area contributed by atoms with Crippen molar-refractivity contribution in [1.82, 2.24) is 9.36 Å². The van der Waals surface area contributed by atoms with E-state index in [4.69, 9.17) is 9.15 Å². The normalized spacial score (nSPS) is 10.7. The fourth-order valence-corrected chi connectivity index (χ4v) is 3.14. The second-order valence-corrected chi connectivity index (χ2v) is 6.76. The molecule has 1 amide bonds. The maximum Gasteiger partial charge on any atom is 0.295 e. The highest BCUT2D eigenvalue weighted by Crippen LogP contribution is 2.17. The SMILES string of the molecule is Cc1c(NC(=O)c2ccc(COc3ccccc3)o2)c(=O)n(-c2ccccc2)n1C. The molecule has 30 heavy (non-hydrogen) atoms. The smallest absolute Gasteiger partial charge is 0.295 e. The Morgan fingerprint density at radius 1 is 1.00 bits per heavy atom. The van der Waals surface area contributed by atoms with Crippen LogP contribution < -0.4 is 15.6 Å². The molecule has 4 rings (SSSR count). The number of nitrogens with one attached hydrogen (secondary N) is 1. The number of para-hydroxylation sites is 2. The lowest BCUT2D eigenvalue weighted by Crippen LogP contribution is -2.22. The number of amides is 1.